The predicted octanol–water partition coefficient (Wildman–Crippen LogP) is 1.62. The Labute approximate surface area is 189 Å². The van der Waals surface area contributed by atoms with Gasteiger partial charge in [0.05, 0.1) is 25.4 Å². The molecule has 0 radical (unpaired) electrons. The summed E-state index contributed by atoms with van der Waals surface area (Å²) in [7, 11) is 1.29. The van der Waals surface area contributed by atoms with E-state index in [4.69, 9.17) is 15.2 Å². The summed E-state index contributed by atoms with van der Waals surface area (Å²) in [6.07, 6.45) is 3.30. The lowest BCUT2D eigenvalue weighted by Crippen LogP contribution is -2.57. The molecule has 4 N–H and O–H groups in total. The number of hydrogen-bond donors (Lipinski definition) is 3. The van der Waals surface area contributed by atoms with Crippen LogP contribution in [-0.4, -0.2) is 55.2 Å². The summed E-state index contributed by atoms with van der Waals surface area (Å²) in [6.45, 7) is 5.47. The molecule has 1 aromatic rings. The van der Waals surface area contributed by atoms with Crippen molar-refractivity contribution in [2.75, 3.05) is 7.11 Å². The maximum atomic E-state index is 13.1. The molecule has 2 amide bonds. The molecule has 1 aliphatic rings. The van der Waals surface area contributed by atoms with Gasteiger partial charge in [0.2, 0.25) is 11.8 Å². The van der Waals surface area contributed by atoms with Crippen LogP contribution >= 0.6 is 0 Å². The smallest absolute Gasteiger partial charge is 0.328 e. The average Bonchev–Trinajstić information content (AvgIpc) is 2.78. The predicted molar refractivity (Wildman–Crippen MR) is 122 cm³/mol. The number of nitrogens with one attached hydrogen (secondary N) is 2. The molecule has 4 atom stereocenters. The Balaban J connectivity index is 2.23. The van der Waals surface area contributed by atoms with Crippen LogP contribution < -0.4 is 16.4 Å². The molecule has 0 saturated carbocycles. The third kappa shape index (κ3) is 7.17. The van der Waals surface area contributed by atoms with Crippen molar-refractivity contribution in [2.45, 2.75) is 76.8 Å². The van der Waals surface area contributed by atoms with E-state index in [9.17, 15) is 14.4 Å². The van der Waals surface area contributed by atoms with Gasteiger partial charge in [0.1, 0.15) is 6.04 Å². The molecule has 0 aromatic heterocycles. The Morgan fingerprint density at radius 3 is 2.38 bits per heavy atom. The van der Waals surface area contributed by atoms with Gasteiger partial charge < -0.3 is 25.8 Å². The Morgan fingerprint density at radius 1 is 1.16 bits per heavy atom. The molecule has 1 aromatic carbocycles. The van der Waals surface area contributed by atoms with E-state index in [0.717, 1.165) is 18.4 Å². The van der Waals surface area contributed by atoms with E-state index in [2.05, 4.69) is 10.6 Å². The van der Waals surface area contributed by atoms with Crippen molar-refractivity contribution in [1.29, 1.82) is 0 Å². The maximum Gasteiger partial charge on any atom is 0.328 e. The van der Waals surface area contributed by atoms with Crippen LogP contribution in [0, 0.1) is 0 Å². The number of carbonyl (C=O) groups is 3. The number of hydrogen-bond acceptors (Lipinski definition) is 6. The van der Waals surface area contributed by atoms with E-state index in [1.807, 2.05) is 44.2 Å². The van der Waals surface area contributed by atoms with Gasteiger partial charge in [-0.15, -0.1) is 0 Å². The summed E-state index contributed by atoms with van der Waals surface area (Å²) in [4.78, 5) is 37.1. The molecule has 0 saturated heterocycles. The summed E-state index contributed by atoms with van der Waals surface area (Å²) in [5.74, 6) is -1.13. The van der Waals surface area contributed by atoms with Crippen LogP contribution in [0.3, 0.4) is 0 Å². The molecule has 0 heterocycles. The van der Waals surface area contributed by atoms with Crippen LogP contribution in [0.25, 0.3) is 0 Å². The minimum atomic E-state index is -0.835. The fourth-order valence-corrected chi connectivity index (χ4v) is 3.85. The van der Waals surface area contributed by atoms with Gasteiger partial charge in [-0.1, -0.05) is 44.2 Å². The molecule has 2 rings (SSSR count). The van der Waals surface area contributed by atoms with Crippen molar-refractivity contribution < 1.29 is 23.9 Å². The Kier molecular flexibility index (Phi) is 9.87. The second-order valence-corrected chi connectivity index (χ2v) is 8.06. The second-order valence-electron chi connectivity index (χ2n) is 8.06. The monoisotopic (exact) mass is 445 g/mol. The number of nitrogens with two attached hydrogens (primary N) is 1. The van der Waals surface area contributed by atoms with Gasteiger partial charge in [-0.25, -0.2) is 4.79 Å². The lowest BCUT2D eigenvalue weighted by Gasteiger charge is -2.37. The molecule has 0 fully saturated rings. The third-order valence-corrected chi connectivity index (χ3v) is 5.63. The SMILES string of the molecule is CCC(CC)O[C@@H]1C=C(C(=O)N[C@H](Cc2ccccc2)C(=O)OC)C[C@H](N)[C@H]1NC(C)=O. The summed E-state index contributed by atoms with van der Waals surface area (Å²) < 4.78 is 11.1. The van der Waals surface area contributed by atoms with Crippen molar-refractivity contribution in [3.63, 3.8) is 0 Å². The molecule has 0 spiro atoms. The van der Waals surface area contributed by atoms with Gasteiger partial charge in [0.25, 0.3) is 0 Å². The Hall–Kier alpha value is -2.71. The number of carbonyl (C=O) groups excluding carboxylic acids is 3. The largest absolute Gasteiger partial charge is 0.467 e. The van der Waals surface area contributed by atoms with Crippen molar-refractivity contribution in [3.05, 3.63) is 47.5 Å². The zero-order valence-corrected chi connectivity index (χ0v) is 19.3. The van der Waals surface area contributed by atoms with E-state index < -0.39 is 36.1 Å². The molecule has 176 valence electrons. The fraction of sp³-hybridized carbons (Fsp3) is 0.542. The highest BCUT2D eigenvalue weighted by atomic mass is 16.5. The van der Waals surface area contributed by atoms with Crippen LogP contribution in [0.4, 0.5) is 0 Å². The van der Waals surface area contributed by atoms with Crippen LogP contribution in [-0.2, 0) is 30.3 Å². The van der Waals surface area contributed by atoms with Gasteiger partial charge in [-0.05, 0) is 30.9 Å². The van der Waals surface area contributed by atoms with E-state index in [0.29, 0.717) is 12.0 Å². The maximum absolute atomic E-state index is 13.1. The van der Waals surface area contributed by atoms with Gasteiger partial charge in [0.15, 0.2) is 0 Å². The van der Waals surface area contributed by atoms with Gasteiger partial charge >= 0.3 is 5.97 Å². The van der Waals surface area contributed by atoms with Crippen LogP contribution in [0.1, 0.15) is 45.6 Å². The first kappa shape index (κ1) is 25.5. The van der Waals surface area contributed by atoms with E-state index in [1.165, 1.54) is 14.0 Å². The van der Waals surface area contributed by atoms with Crippen LogP contribution in [0.15, 0.2) is 42.0 Å². The van der Waals surface area contributed by atoms with Gasteiger partial charge in [-0.3, -0.25) is 9.59 Å². The topological polar surface area (TPSA) is 120 Å². The summed E-state index contributed by atoms with van der Waals surface area (Å²) in [5, 5.41) is 5.64. The summed E-state index contributed by atoms with van der Waals surface area (Å²) >= 11 is 0. The molecule has 0 bridgehead atoms. The van der Waals surface area contributed by atoms with E-state index in [1.54, 1.807) is 6.08 Å². The number of benzene rings is 1. The molecule has 0 aliphatic heterocycles. The lowest BCUT2D eigenvalue weighted by atomic mass is 9.87. The lowest BCUT2D eigenvalue weighted by molar-refractivity contribution is -0.144. The quantitative estimate of drug-likeness (QED) is 0.471. The molecule has 32 heavy (non-hydrogen) atoms. The Morgan fingerprint density at radius 2 is 1.81 bits per heavy atom. The van der Waals surface area contributed by atoms with Crippen LogP contribution in [0.5, 0.6) is 0 Å². The van der Waals surface area contributed by atoms with Crippen molar-refractivity contribution in [2.24, 2.45) is 5.73 Å². The first-order valence-electron chi connectivity index (χ1n) is 11.1. The molecular formula is C24H35N3O5. The highest BCUT2D eigenvalue weighted by Gasteiger charge is 2.36. The highest BCUT2D eigenvalue weighted by Crippen LogP contribution is 2.23. The zero-order chi connectivity index (χ0) is 23.7. The van der Waals surface area contributed by atoms with Crippen LogP contribution in [0.2, 0.25) is 0 Å². The summed E-state index contributed by atoms with van der Waals surface area (Å²) in [6, 6.07) is 7.62. The summed E-state index contributed by atoms with van der Waals surface area (Å²) in [5.41, 5.74) is 7.67. The number of ether oxygens (including phenoxy) is 2. The number of amides is 2. The third-order valence-electron chi connectivity index (χ3n) is 5.63. The highest BCUT2D eigenvalue weighted by molar-refractivity contribution is 5.96. The minimum Gasteiger partial charge on any atom is -0.467 e. The second kappa shape index (κ2) is 12.4. The normalized spacial score (nSPS) is 21.4. The van der Waals surface area contributed by atoms with Crippen molar-refractivity contribution >= 4 is 17.8 Å². The zero-order valence-electron chi connectivity index (χ0n) is 19.3. The molecule has 1 aliphatic carbocycles. The van der Waals surface area contributed by atoms with Crippen molar-refractivity contribution in [3.8, 4) is 0 Å². The standard InChI is InChI=1S/C24H35N3O5/c1-5-18(6-2)32-21-14-17(13-19(25)22(21)26-15(3)28)23(29)27-20(24(30)31-4)12-16-10-8-7-9-11-16/h7-11,14,18-22H,5-6,12-13,25H2,1-4H3,(H,26,28)(H,27,29)/t19-,20+,21+,22+/m0/s1. The number of esters is 1. The van der Waals surface area contributed by atoms with Crippen molar-refractivity contribution in [1.82, 2.24) is 10.6 Å². The minimum absolute atomic E-state index is 0.0250. The first-order valence-corrected chi connectivity index (χ1v) is 11.1. The molecule has 8 nitrogen and oxygen atoms in total. The van der Waals surface area contributed by atoms with E-state index >= 15 is 0 Å². The first-order chi connectivity index (χ1) is 15.3. The fourth-order valence-electron chi connectivity index (χ4n) is 3.85. The van der Waals surface area contributed by atoms with Gasteiger partial charge in [-0.2, -0.15) is 0 Å². The average molecular weight is 446 g/mol. The van der Waals surface area contributed by atoms with E-state index in [-0.39, 0.29) is 18.4 Å². The Bertz CT molecular complexity index is 807. The molecular weight excluding hydrogens is 410 g/mol. The number of methoxy groups -OCH3 is 1. The van der Waals surface area contributed by atoms with Gasteiger partial charge in [0, 0.05) is 25.0 Å². The number of rotatable bonds is 10. The molecule has 0 unspecified atom stereocenters. The molecule has 8 heteroatoms.